The summed E-state index contributed by atoms with van der Waals surface area (Å²) >= 11 is 1.05. The van der Waals surface area contributed by atoms with E-state index in [2.05, 4.69) is 15.0 Å². The van der Waals surface area contributed by atoms with Crippen molar-refractivity contribution in [2.45, 2.75) is 32.9 Å². The Morgan fingerprint density at radius 2 is 1.83 bits per heavy atom. The number of anilines is 1. The zero-order valence-electron chi connectivity index (χ0n) is 19.4. The Balaban J connectivity index is 1.46. The average Bonchev–Trinajstić information content (AvgIpc) is 3.20. The van der Waals surface area contributed by atoms with Crippen molar-refractivity contribution in [1.29, 1.82) is 0 Å². The van der Waals surface area contributed by atoms with Gasteiger partial charge in [0.1, 0.15) is 12.1 Å². The third kappa shape index (κ3) is 5.88. The summed E-state index contributed by atoms with van der Waals surface area (Å²) in [4.78, 5) is 76.5. The number of β-lactam (4-membered cyclic amide) rings is 1. The molecule has 16 nitrogen and oxygen atoms in total. The number of likely N-dealkylation sites (tertiary alicyclic amines) is 1. The molecular weight excluding hydrogens is 520 g/mol. The summed E-state index contributed by atoms with van der Waals surface area (Å²) in [5, 5.41) is 4.60. The maximum absolute atomic E-state index is 12.4. The fourth-order valence-corrected chi connectivity index (χ4v) is 4.59. The number of aromatic nitrogens is 1. The standard InChI is InChI=1S/C18H24N8O8S2/c1-4-24-5-6-25(16(30)15(24)29)17(31)19-10(3)13(27)20-11-8-26(14(11)28)18(32)23-36(33,34)22-12-7-9(2)35-21-12/h7,10-11H,4-6,8H2,1-3H3,(H,19,31)(H,20,27)(H,21,22)(H,23,32)/t10?,11-/m0/s1. The van der Waals surface area contributed by atoms with Crippen molar-refractivity contribution in [3.8, 4) is 0 Å². The molecule has 1 aromatic rings. The van der Waals surface area contributed by atoms with Crippen LogP contribution in [0.25, 0.3) is 0 Å². The Kier molecular flexibility index (Phi) is 7.77. The summed E-state index contributed by atoms with van der Waals surface area (Å²) in [5.74, 6) is -3.49. The number of aryl methyl sites for hydroxylation is 1. The van der Waals surface area contributed by atoms with Crippen LogP contribution in [0.1, 0.15) is 18.7 Å². The first-order chi connectivity index (χ1) is 16.8. The highest BCUT2D eigenvalue weighted by Crippen LogP contribution is 2.15. The van der Waals surface area contributed by atoms with E-state index in [-0.39, 0.29) is 25.5 Å². The Labute approximate surface area is 209 Å². The minimum absolute atomic E-state index is 0.00668. The predicted octanol–water partition coefficient (Wildman–Crippen LogP) is -2.07. The van der Waals surface area contributed by atoms with Gasteiger partial charge in [-0.2, -0.15) is 12.8 Å². The number of hydrogen-bond donors (Lipinski definition) is 4. The molecule has 18 heteroatoms. The molecule has 2 saturated heterocycles. The number of imide groups is 2. The van der Waals surface area contributed by atoms with Gasteiger partial charge in [-0.15, -0.1) is 0 Å². The Morgan fingerprint density at radius 3 is 2.42 bits per heavy atom. The number of amides is 8. The molecule has 0 aliphatic carbocycles. The van der Waals surface area contributed by atoms with Crippen LogP contribution in [-0.2, 0) is 29.4 Å². The summed E-state index contributed by atoms with van der Waals surface area (Å²) in [6.45, 7) is 4.84. The molecule has 196 valence electrons. The van der Waals surface area contributed by atoms with Gasteiger partial charge in [-0.1, -0.05) is 0 Å². The van der Waals surface area contributed by atoms with E-state index in [4.69, 9.17) is 0 Å². The second-order valence-electron chi connectivity index (χ2n) is 7.86. The molecule has 2 aliphatic heterocycles. The average molecular weight is 545 g/mol. The van der Waals surface area contributed by atoms with Crippen LogP contribution >= 0.6 is 11.5 Å². The number of nitrogens with zero attached hydrogens (tertiary/aromatic N) is 4. The van der Waals surface area contributed by atoms with Crippen LogP contribution in [0.3, 0.4) is 0 Å². The molecule has 2 aliphatic rings. The molecule has 8 amide bonds. The largest absolute Gasteiger partial charge is 0.341 e. The summed E-state index contributed by atoms with van der Waals surface area (Å²) in [6.07, 6.45) is 0. The second kappa shape index (κ2) is 10.4. The van der Waals surface area contributed by atoms with E-state index in [1.54, 1.807) is 18.6 Å². The van der Waals surface area contributed by atoms with Gasteiger partial charge in [0.05, 0.1) is 6.54 Å². The highest BCUT2D eigenvalue weighted by Gasteiger charge is 2.43. The molecule has 2 atom stereocenters. The monoisotopic (exact) mass is 544 g/mol. The molecule has 3 rings (SSSR count). The molecule has 4 N–H and O–H groups in total. The van der Waals surface area contributed by atoms with E-state index in [9.17, 15) is 37.2 Å². The first kappa shape index (κ1) is 26.8. The molecule has 1 aromatic heterocycles. The maximum Gasteiger partial charge on any atom is 0.339 e. The number of nitrogens with one attached hydrogen (secondary N) is 4. The van der Waals surface area contributed by atoms with Gasteiger partial charge in [0, 0.05) is 24.5 Å². The lowest BCUT2D eigenvalue weighted by Crippen LogP contribution is -2.69. The van der Waals surface area contributed by atoms with E-state index in [0.29, 0.717) is 16.3 Å². The van der Waals surface area contributed by atoms with Crippen molar-refractivity contribution < 1.29 is 37.2 Å². The van der Waals surface area contributed by atoms with Gasteiger partial charge in [-0.25, -0.2) is 19.0 Å². The minimum Gasteiger partial charge on any atom is -0.341 e. The molecule has 0 saturated carbocycles. The van der Waals surface area contributed by atoms with Gasteiger partial charge >= 0.3 is 34.1 Å². The van der Waals surface area contributed by atoms with Crippen LogP contribution in [-0.4, -0.2) is 101 Å². The van der Waals surface area contributed by atoms with Crippen molar-refractivity contribution >= 4 is 63.3 Å². The number of urea groups is 2. The summed E-state index contributed by atoms with van der Waals surface area (Å²) in [6, 6.07) is -3.03. The molecular formula is C18H24N8O8S2. The zero-order chi connectivity index (χ0) is 26.8. The Bertz CT molecular complexity index is 1220. The lowest BCUT2D eigenvalue weighted by atomic mass is 10.1. The van der Waals surface area contributed by atoms with Gasteiger partial charge in [0.15, 0.2) is 5.82 Å². The fraction of sp³-hybridized carbons (Fsp3) is 0.500. The predicted molar refractivity (Wildman–Crippen MR) is 124 cm³/mol. The number of rotatable bonds is 7. The normalized spacial score (nSPS) is 18.9. The van der Waals surface area contributed by atoms with E-state index >= 15 is 0 Å². The van der Waals surface area contributed by atoms with Gasteiger partial charge in [-0.3, -0.25) is 29.0 Å². The van der Waals surface area contributed by atoms with E-state index in [0.717, 1.165) is 16.4 Å². The smallest absolute Gasteiger partial charge is 0.339 e. The van der Waals surface area contributed by atoms with Crippen molar-refractivity contribution in [2.24, 2.45) is 0 Å². The third-order valence-corrected chi connectivity index (χ3v) is 6.86. The Hall–Kier alpha value is -3.80. The van der Waals surface area contributed by atoms with E-state index in [1.807, 2.05) is 4.72 Å². The highest BCUT2D eigenvalue weighted by atomic mass is 32.2. The summed E-state index contributed by atoms with van der Waals surface area (Å²) < 4.78 is 31.7. The zero-order valence-corrected chi connectivity index (χ0v) is 21.1. The fourth-order valence-electron chi connectivity index (χ4n) is 3.26. The maximum atomic E-state index is 12.4. The van der Waals surface area contributed by atoms with E-state index < -0.39 is 58.0 Å². The summed E-state index contributed by atoms with van der Waals surface area (Å²) in [7, 11) is -4.35. The van der Waals surface area contributed by atoms with Gasteiger partial charge in [0.25, 0.3) is 5.91 Å². The van der Waals surface area contributed by atoms with Crippen LogP contribution in [0.5, 0.6) is 0 Å². The SMILES string of the molecule is CCN1CCN(C(=O)NC(C)C(=O)N[C@H]2CN(C(=O)NS(=O)(=O)Nc3cc(C)sn3)C2=O)C(=O)C1=O. The van der Waals surface area contributed by atoms with Crippen LogP contribution in [0, 0.1) is 6.92 Å². The quantitative estimate of drug-likeness (QED) is 0.219. The number of hydrogen-bond acceptors (Lipinski definition) is 10. The molecule has 0 bridgehead atoms. The van der Waals surface area contributed by atoms with Crippen molar-refractivity contribution in [3.63, 3.8) is 0 Å². The first-order valence-electron chi connectivity index (χ1n) is 10.6. The van der Waals surface area contributed by atoms with Crippen molar-refractivity contribution in [3.05, 3.63) is 10.9 Å². The van der Waals surface area contributed by atoms with Crippen LogP contribution in [0.2, 0.25) is 0 Å². The lowest BCUT2D eigenvalue weighted by Gasteiger charge is -2.37. The Morgan fingerprint density at radius 1 is 1.14 bits per heavy atom. The first-order valence-corrected chi connectivity index (χ1v) is 12.9. The number of carbonyl (C=O) groups is 6. The van der Waals surface area contributed by atoms with Crippen LogP contribution in [0.4, 0.5) is 15.4 Å². The highest BCUT2D eigenvalue weighted by molar-refractivity contribution is 7.91. The van der Waals surface area contributed by atoms with Gasteiger partial charge in [-0.05, 0) is 38.4 Å². The lowest BCUT2D eigenvalue weighted by molar-refractivity contribution is -0.153. The molecule has 0 radical (unpaired) electrons. The molecule has 0 spiro atoms. The minimum atomic E-state index is -4.35. The molecule has 1 unspecified atom stereocenters. The number of piperazine rings is 1. The van der Waals surface area contributed by atoms with Crippen molar-refractivity contribution in [1.82, 2.24) is 34.4 Å². The topological polar surface area (TPSA) is 207 Å². The van der Waals surface area contributed by atoms with Crippen LogP contribution in [0.15, 0.2) is 6.07 Å². The number of carbonyl (C=O) groups excluding carboxylic acids is 6. The molecule has 0 aromatic carbocycles. The van der Waals surface area contributed by atoms with Crippen molar-refractivity contribution in [2.75, 3.05) is 30.9 Å². The molecule has 2 fully saturated rings. The van der Waals surface area contributed by atoms with Gasteiger partial charge in [0.2, 0.25) is 5.91 Å². The van der Waals surface area contributed by atoms with E-state index in [1.165, 1.54) is 17.9 Å². The van der Waals surface area contributed by atoms with Crippen LogP contribution < -0.4 is 20.1 Å². The molecule has 36 heavy (non-hydrogen) atoms. The second-order valence-corrected chi connectivity index (χ2v) is 10.3. The molecule has 3 heterocycles. The summed E-state index contributed by atoms with van der Waals surface area (Å²) in [5.41, 5.74) is 0. The van der Waals surface area contributed by atoms with Gasteiger partial charge < -0.3 is 15.5 Å². The third-order valence-electron chi connectivity index (χ3n) is 5.25. The number of likely N-dealkylation sites (N-methyl/N-ethyl adjacent to an activating group) is 1.